The van der Waals surface area contributed by atoms with Crippen molar-refractivity contribution in [2.45, 2.75) is 93.8 Å². The third kappa shape index (κ3) is 8.78. The Labute approximate surface area is 237 Å². The molecule has 0 spiro atoms. The number of alkyl halides is 3. The molecule has 3 N–H and O–H groups in total. The maximum atomic E-state index is 13.2. The fraction of sp³-hybridized carbons (Fsp3) is 0.581. The minimum absolute atomic E-state index is 0.0362. The number of rotatable bonds is 9. The quantitative estimate of drug-likeness (QED) is 0.364. The number of hydrogen-bond donors (Lipinski definition) is 2. The summed E-state index contributed by atoms with van der Waals surface area (Å²) in [6, 6.07) is 1.44. The Balaban J connectivity index is 0.000000425. The number of nitrogens with zero attached hydrogens (tertiary/aromatic N) is 3. The van der Waals surface area contributed by atoms with Gasteiger partial charge in [0.15, 0.2) is 5.82 Å². The van der Waals surface area contributed by atoms with E-state index in [-0.39, 0.29) is 17.9 Å². The highest BCUT2D eigenvalue weighted by Gasteiger charge is 2.37. The number of anilines is 2. The predicted octanol–water partition coefficient (Wildman–Crippen LogP) is 6.49. The molecule has 0 saturated carbocycles. The van der Waals surface area contributed by atoms with Crippen LogP contribution in [0.5, 0.6) is 0 Å². The third-order valence-electron chi connectivity index (χ3n) is 7.58. The van der Waals surface area contributed by atoms with Crippen molar-refractivity contribution in [1.82, 2.24) is 15.2 Å². The zero-order valence-electron chi connectivity index (χ0n) is 25.3. The summed E-state index contributed by atoms with van der Waals surface area (Å²) in [4.78, 5) is 3.45. The monoisotopic (exact) mass is 561 g/mol. The van der Waals surface area contributed by atoms with Gasteiger partial charge in [-0.25, -0.2) is 4.98 Å². The van der Waals surface area contributed by atoms with Crippen LogP contribution in [0.15, 0.2) is 17.7 Å². The van der Waals surface area contributed by atoms with Crippen LogP contribution in [0.1, 0.15) is 89.7 Å². The van der Waals surface area contributed by atoms with Crippen molar-refractivity contribution in [2.24, 2.45) is 11.3 Å². The van der Waals surface area contributed by atoms with E-state index in [1.54, 1.807) is 0 Å². The molecular weight excluding hydrogens is 515 g/mol. The summed E-state index contributed by atoms with van der Waals surface area (Å²) in [6.07, 6.45) is 6.31. The molecule has 3 heterocycles. The molecule has 1 aliphatic rings. The minimum atomic E-state index is -4.57. The number of pyridine rings is 1. The highest BCUT2D eigenvalue weighted by atomic mass is 19.4. The van der Waals surface area contributed by atoms with Gasteiger partial charge in [0.05, 0.1) is 18.9 Å². The van der Waals surface area contributed by atoms with Crippen molar-refractivity contribution in [1.29, 1.82) is 0 Å². The maximum absolute atomic E-state index is 13.2. The molecule has 1 unspecified atom stereocenters. The smallest absolute Gasteiger partial charge is 0.384 e. The molecular formula is C31H46F3N5O. The van der Waals surface area contributed by atoms with Gasteiger partial charge in [-0.1, -0.05) is 51.8 Å². The normalized spacial score (nSPS) is 16.7. The van der Waals surface area contributed by atoms with E-state index in [0.717, 1.165) is 47.3 Å². The molecule has 0 aliphatic carbocycles. The van der Waals surface area contributed by atoms with Crippen molar-refractivity contribution in [3.8, 4) is 0 Å². The number of hydrogen-bond acceptors (Lipinski definition) is 6. The van der Waals surface area contributed by atoms with Crippen molar-refractivity contribution in [3.05, 3.63) is 50.7 Å². The number of nitrogen functional groups attached to an aromatic ring is 1. The Kier molecular flexibility index (Phi) is 12.2. The standard InChI is InChI=1S/C21H26F3N5.C10H20O/c1-6-8-12(3)9-17-16(7-2)14(5)28-29-20(17)26-11-15-10-18(25)27-19(13(15)4)21(22,23)24;1-4-9(3)6-10(5-2)7-11-8-10/h7-10H,6,11H2,1-5H3,(H2,25,27)(H,26,29);9H,4-8H2,1-3H3/b12-8+,16-7-,17-9+;. The molecule has 9 heteroatoms. The van der Waals surface area contributed by atoms with Gasteiger partial charge in [-0.15, -0.1) is 5.10 Å². The van der Waals surface area contributed by atoms with E-state index in [2.05, 4.69) is 47.3 Å². The first-order valence-electron chi connectivity index (χ1n) is 14.1. The van der Waals surface area contributed by atoms with Gasteiger partial charge in [-0.2, -0.15) is 18.3 Å². The lowest BCUT2D eigenvalue weighted by atomic mass is 9.75. The molecule has 0 amide bonds. The van der Waals surface area contributed by atoms with Crippen LogP contribution in [0.4, 0.5) is 24.8 Å². The second kappa shape index (κ2) is 14.6. The lowest BCUT2D eigenvalue weighted by Crippen LogP contribution is -2.43. The summed E-state index contributed by atoms with van der Waals surface area (Å²) in [5.74, 6) is 1.19. The molecule has 2 aromatic rings. The fourth-order valence-corrected chi connectivity index (χ4v) is 4.87. The largest absolute Gasteiger partial charge is 0.433 e. The Bertz CT molecular complexity index is 1280. The van der Waals surface area contributed by atoms with E-state index in [1.165, 1.54) is 32.3 Å². The van der Waals surface area contributed by atoms with Crippen LogP contribution in [-0.4, -0.2) is 28.4 Å². The van der Waals surface area contributed by atoms with E-state index in [9.17, 15) is 13.2 Å². The topological polar surface area (TPSA) is 86.0 Å². The second-order valence-corrected chi connectivity index (χ2v) is 10.8. The van der Waals surface area contributed by atoms with Crippen molar-refractivity contribution < 1.29 is 17.9 Å². The predicted molar refractivity (Wildman–Crippen MR) is 158 cm³/mol. The SMILES string of the molecule is C/C=c1/c(C)nnc(NCc2cc(N)nc(C(F)(F)F)c2C)/c1=C/C(C)=C/CC.CCC(C)CC1(CC)COC1. The maximum Gasteiger partial charge on any atom is 0.433 e. The van der Waals surface area contributed by atoms with Gasteiger partial charge >= 0.3 is 6.18 Å². The first-order valence-corrected chi connectivity index (χ1v) is 14.1. The van der Waals surface area contributed by atoms with Crippen molar-refractivity contribution in [2.75, 3.05) is 24.3 Å². The van der Waals surface area contributed by atoms with Crippen LogP contribution < -0.4 is 21.5 Å². The first-order chi connectivity index (χ1) is 18.8. The molecule has 40 heavy (non-hydrogen) atoms. The lowest BCUT2D eigenvalue weighted by Gasteiger charge is -2.42. The fourth-order valence-electron chi connectivity index (χ4n) is 4.87. The summed E-state index contributed by atoms with van der Waals surface area (Å²) in [5.41, 5.74) is 7.48. The van der Waals surface area contributed by atoms with Gasteiger partial charge in [-0.05, 0) is 76.1 Å². The molecule has 1 fully saturated rings. The number of aromatic nitrogens is 3. The summed E-state index contributed by atoms with van der Waals surface area (Å²) in [7, 11) is 0. The van der Waals surface area contributed by atoms with E-state index < -0.39 is 11.9 Å². The number of nitrogens with one attached hydrogen (secondary N) is 1. The molecule has 222 valence electrons. The summed E-state index contributed by atoms with van der Waals surface area (Å²) < 4.78 is 44.9. The van der Waals surface area contributed by atoms with Gasteiger partial charge in [0.2, 0.25) is 0 Å². The summed E-state index contributed by atoms with van der Waals surface area (Å²) in [5, 5.41) is 13.3. The molecule has 1 aliphatic heterocycles. The van der Waals surface area contributed by atoms with Gasteiger partial charge in [0, 0.05) is 22.4 Å². The summed E-state index contributed by atoms with van der Waals surface area (Å²) in [6.45, 7) is 18.2. The number of aryl methyl sites for hydroxylation is 1. The molecule has 1 atom stereocenters. The van der Waals surface area contributed by atoms with E-state index >= 15 is 0 Å². The van der Waals surface area contributed by atoms with E-state index in [4.69, 9.17) is 10.5 Å². The number of ether oxygens (including phenoxy) is 1. The number of allylic oxidation sites excluding steroid dienone is 2. The highest BCUT2D eigenvalue weighted by molar-refractivity contribution is 5.54. The van der Waals surface area contributed by atoms with Crippen molar-refractivity contribution in [3.63, 3.8) is 0 Å². The van der Waals surface area contributed by atoms with Crippen LogP contribution in [0.25, 0.3) is 12.2 Å². The number of halogens is 3. The average molecular weight is 562 g/mol. The van der Waals surface area contributed by atoms with Crippen LogP contribution in [0.3, 0.4) is 0 Å². The number of nitrogens with two attached hydrogens (primary N) is 1. The van der Waals surface area contributed by atoms with Crippen molar-refractivity contribution >= 4 is 23.8 Å². The van der Waals surface area contributed by atoms with Crippen LogP contribution in [-0.2, 0) is 17.5 Å². The van der Waals surface area contributed by atoms with E-state index in [1.807, 2.05) is 39.8 Å². The minimum Gasteiger partial charge on any atom is -0.384 e. The van der Waals surface area contributed by atoms with Gasteiger partial charge in [0.1, 0.15) is 11.5 Å². The second-order valence-electron chi connectivity index (χ2n) is 10.8. The van der Waals surface area contributed by atoms with Gasteiger partial charge in [0.25, 0.3) is 0 Å². The van der Waals surface area contributed by atoms with E-state index in [0.29, 0.717) is 16.8 Å². The molecule has 0 bridgehead atoms. The zero-order valence-corrected chi connectivity index (χ0v) is 25.3. The van der Waals surface area contributed by atoms with Crippen LogP contribution >= 0.6 is 0 Å². The highest BCUT2D eigenvalue weighted by Crippen LogP contribution is 2.38. The molecule has 3 rings (SSSR count). The third-order valence-corrected chi connectivity index (χ3v) is 7.58. The molecule has 0 radical (unpaired) electrons. The van der Waals surface area contributed by atoms with Crippen LogP contribution in [0, 0.1) is 25.2 Å². The van der Waals surface area contributed by atoms with Crippen LogP contribution in [0.2, 0.25) is 0 Å². The Morgan fingerprint density at radius 2 is 1.85 bits per heavy atom. The molecule has 6 nitrogen and oxygen atoms in total. The summed E-state index contributed by atoms with van der Waals surface area (Å²) >= 11 is 0. The molecule has 0 aromatic carbocycles. The zero-order chi connectivity index (χ0) is 30.1. The van der Waals surface area contributed by atoms with Gasteiger partial charge in [-0.3, -0.25) is 0 Å². The lowest BCUT2D eigenvalue weighted by molar-refractivity contribution is -0.141. The Hall–Kier alpha value is -2.94. The van der Waals surface area contributed by atoms with Gasteiger partial charge < -0.3 is 15.8 Å². The molecule has 1 saturated heterocycles. The first kappa shape index (κ1) is 33.3. The Morgan fingerprint density at radius 3 is 2.35 bits per heavy atom. The average Bonchev–Trinajstić information content (AvgIpc) is 2.87. The molecule has 2 aromatic heterocycles. The Morgan fingerprint density at radius 1 is 1.18 bits per heavy atom.